The summed E-state index contributed by atoms with van der Waals surface area (Å²) in [6, 6.07) is 0. The Balaban J connectivity index is 0. The SMILES string of the molecule is NC=O.O=C(O)/C=C\C(=O)O. The molecule has 0 radical (unpaired) electrons. The second kappa shape index (κ2) is 8.15. The molecule has 1 amide bonds. The van der Waals surface area contributed by atoms with Crippen molar-refractivity contribution < 1.29 is 24.6 Å². The zero-order chi connectivity index (χ0) is 9.28. The zero-order valence-corrected chi connectivity index (χ0v) is 5.43. The fraction of sp³-hybridized carbons (Fsp3) is 0. The number of carboxylic acids is 2. The summed E-state index contributed by atoms with van der Waals surface area (Å²) < 4.78 is 0. The third-order valence-corrected chi connectivity index (χ3v) is 0.368. The van der Waals surface area contributed by atoms with E-state index in [1.54, 1.807) is 0 Å². The Labute approximate surface area is 61.9 Å². The molecular formula is C5H7NO5. The third-order valence-electron chi connectivity index (χ3n) is 0.368. The maximum Gasteiger partial charge on any atom is 0.328 e. The van der Waals surface area contributed by atoms with Gasteiger partial charge in [-0.3, -0.25) is 4.79 Å². The van der Waals surface area contributed by atoms with E-state index in [0.29, 0.717) is 12.2 Å². The van der Waals surface area contributed by atoms with Crippen LogP contribution in [0.1, 0.15) is 0 Å². The van der Waals surface area contributed by atoms with Crippen LogP contribution >= 0.6 is 0 Å². The van der Waals surface area contributed by atoms with Gasteiger partial charge in [0.15, 0.2) is 0 Å². The number of carboxylic acid groups (broad SMARTS) is 2. The normalized spacial score (nSPS) is 8.00. The Morgan fingerprint density at radius 1 is 1.09 bits per heavy atom. The standard InChI is InChI=1S/C4H4O4.CH3NO/c5-3(6)1-2-4(7)8;2-1-3/h1-2H,(H,5,6)(H,7,8);1H,(H2,2,3)/b2-1-;. The van der Waals surface area contributed by atoms with Crippen LogP contribution in [0, 0.1) is 0 Å². The molecule has 0 fully saturated rings. The first kappa shape index (κ1) is 11.9. The number of nitrogens with two attached hydrogens (primary N) is 1. The quantitative estimate of drug-likeness (QED) is 0.347. The van der Waals surface area contributed by atoms with E-state index in [1.807, 2.05) is 0 Å². The lowest BCUT2D eigenvalue weighted by Gasteiger charge is -1.74. The molecule has 11 heavy (non-hydrogen) atoms. The topological polar surface area (TPSA) is 118 Å². The van der Waals surface area contributed by atoms with Crippen molar-refractivity contribution >= 4 is 18.3 Å². The van der Waals surface area contributed by atoms with Crippen LogP contribution < -0.4 is 5.73 Å². The molecule has 62 valence electrons. The second-order valence-electron chi connectivity index (χ2n) is 1.15. The first-order valence-electron chi connectivity index (χ1n) is 2.34. The molecule has 0 saturated heterocycles. The molecule has 0 aliphatic rings. The maximum atomic E-state index is 9.55. The van der Waals surface area contributed by atoms with Gasteiger partial charge in [0, 0.05) is 12.2 Å². The van der Waals surface area contributed by atoms with Crippen molar-refractivity contribution in [3.05, 3.63) is 12.2 Å². The highest BCUT2D eigenvalue weighted by molar-refractivity contribution is 5.89. The van der Waals surface area contributed by atoms with Gasteiger partial charge in [-0.25, -0.2) is 9.59 Å². The molecule has 6 heteroatoms. The predicted molar refractivity (Wildman–Crippen MR) is 34.7 cm³/mol. The first-order valence-corrected chi connectivity index (χ1v) is 2.34. The number of hydrogen-bond acceptors (Lipinski definition) is 3. The van der Waals surface area contributed by atoms with Crippen LogP contribution in [-0.2, 0) is 14.4 Å². The summed E-state index contributed by atoms with van der Waals surface area (Å²) in [5.41, 5.74) is 4.17. The molecule has 0 bridgehead atoms. The highest BCUT2D eigenvalue weighted by Crippen LogP contribution is 1.70. The third kappa shape index (κ3) is 31.1. The fourth-order valence-corrected chi connectivity index (χ4v) is 0.143. The van der Waals surface area contributed by atoms with Gasteiger partial charge in [-0.05, 0) is 0 Å². The largest absolute Gasteiger partial charge is 0.478 e. The van der Waals surface area contributed by atoms with Gasteiger partial charge in [-0.1, -0.05) is 0 Å². The van der Waals surface area contributed by atoms with Crippen molar-refractivity contribution in [2.24, 2.45) is 5.73 Å². The second-order valence-corrected chi connectivity index (χ2v) is 1.15. The number of amides is 1. The Bertz CT molecular complexity index is 158. The molecule has 0 aromatic carbocycles. The fourth-order valence-electron chi connectivity index (χ4n) is 0.143. The van der Waals surface area contributed by atoms with E-state index in [2.05, 4.69) is 5.73 Å². The summed E-state index contributed by atoms with van der Waals surface area (Å²) in [4.78, 5) is 27.7. The Morgan fingerprint density at radius 2 is 1.27 bits per heavy atom. The number of aliphatic carboxylic acids is 2. The molecule has 0 aliphatic heterocycles. The number of primary amides is 1. The van der Waals surface area contributed by atoms with E-state index in [-0.39, 0.29) is 6.41 Å². The minimum absolute atomic E-state index is 0.250. The molecule has 0 aromatic rings. The number of rotatable bonds is 2. The minimum atomic E-state index is -1.26. The Kier molecular flexibility index (Phi) is 8.81. The van der Waals surface area contributed by atoms with Crippen LogP contribution in [0.15, 0.2) is 12.2 Å². The van der Waals surface area contributed by atoms with Crippen molar-refractivity contribution in [2.45, 2.75) is 0 Å². The summed E-state index contributed by atoms with van der Waals surface area (Å²) in [6.07, 6.45) is 1.37. The molecule has 0 rings (SSSR count). The monoisotopic (exact) mass is 161 g/mol. The highest BCUT2D eigenvalue weighted by Gasteiger charge is 1.88. The van der Waals surface area contributed by atoms with Gasteiger partial charge in [-0.15, -0.1) is 0 Å². The van der Waals surface area contributed by atoms with Crippen molar-refractivity contribution in [1.29, 1.82) is 0 Å². The zero-order valence-electron chi connectivity index (χ0n) is 5.43. The van der Waals surface area contributed by atoms with Crippen LogP contribution in [0.5, 0.6) is 0 Å². The van der Waals surface area contributed by atoms with Crippen LogP contribution in [-0.4, -0.2) is 28.6 Å². The predicted octanol–water partition coefficient (Wildman–Crippen LogP) is -1.19. The summed E-state index contributed by atoms with van der Waals surface area (Å²) >= 11 is 0. The van der Waals surface area contributed by atoms with Crippen LogP contribution in [0.3, 0.4) is 0 Å². The van der Waals surface area contributed by atoms with Crippen LogP contribution in [0.4, 0.5) is 0 Å². The van der Waals surface area contributed by atoms with Gasteiger partial charge >= 0.3 is 11.9 Å². The molecule has 0 saturated carbocycles. The molecule has 0 aliphatic carbocycles. The van der Waals surface area contributed by atoms with Gasteiger partial charge in [0.05, 0.1) is 0 Å². The first-order chi connectivity index (χ1) is 5.04. The van der Waals surface area contributed by atoms with E-state index in [4.69, 9.17) is 15.0 Å². The molecule has 6 nitrogen and oxygen atoms in total. The van der Waals surface area contributed by atoms with Gasteiger partial charge in [0.1, 0.15) is 0 Å². The van der Waals surface area contributed by atoms with Crippen molar-refractivity contribution in [3.63, 3.8) is 0 Å². The molecule has 0 atom stereocenters. The number of carbonyl (C=O) groups is 3. The van der Waals surface area contributed by atoms with E-state index in [0.717, 1.165) is 0 Å². The molecule has 4 N–H and O–H groups in total. The van der Waals surface area contributed by atoms with Gasteiger partial charge < -0.3 is 15.9 Å². The van der Waals surface area contributed by atoms with E-state index < -0.39 is 11.9 Å². The molecule has 0 heterocycles. The summed E-state index contributed by atoms with van der Waals surface area (Å²) in [5, 5.41) is 15.6. The highest BCUT2D eigenvalue weighted by atomic mass is 16.4. The average molecular weight is 161 g/mol. The molecule has 0 spiro atoms. The Morgan fingerprint density at radius 3 is 1.36 bits per heavy atom. The van der Waals surface area contributed by atoms with Crippen LogP contribution in [0.2, 0.25) is 0 Å². The van der Waals surface area contributed by atoms with E-state index in [1.165, 1.54) is 0 Å². The number of carbonyl (C=O) groups excluding carboxylic acids is 1. The van der Waals surface area contributed by atoms with Crippen molar-refractivity contribution in [2.75, 3.05) is 0 Å². The van der Waals surface area contributed by atoms with E-state index in [9.17, 15) is 9.59 Å². The van der Waals surface area contributed by atoms with Gasteiger partial charge in [0.25, 0.3) is 0 Å². The maximum absolute atomic E-state index is 9.55. The lowest BCUT2D eigenvalue weighted by molar-refractivity contribution is -0.134. The lowest BCUT2D eigenvalue weighted by atomic mass is 10.5. The van der Waals surface area contributed by atoms with E-state index >= 15 is 0 Å². The molecular weight excluding hydrogens is 154 g/mol. The van der Waals surface area contributed by atoms with Crippen LogP contribution in [0.25, 0.3) is 0 Å². The molecule has 0 aromatic heterocycles. The van der Waals surface area contributed by atoms with Crippen molar-refractivity contribution in [3.8, 4) is 0 Å². The Hall–Kier alpha value is -1.85. The van der Waals surface area contributed by atoms with Crippen molar-refractivity contribution in [1.82, 2.24) is 0 Å². The number of hydrogen-bond donors (Lipinski definition) is 3. The lowest BCUT2D eigenvalue weighted by Crippen LogP contribution is -1.91. The average Bonchev–Trinajstić information content (AvgIpc) is 1.85. The molecule has 0 unspecified atom stereocenters. The van der Waals surface area contributed by atoms with Gasteiger partial charge in [0.2, 0.25) is 6.41 Å². The summed E-state index contributed by atoms with van der Waals surface area (Å²) in [7, 11) is 0. The summed E-state index contributed by atoms with van der Waals surface area (Å²) in [6.45, 7) is 0. The van der Waals surface area contributed by atoms with Gasteiger partial charge in [-0.2, -0.15) is 0 Å². The minimum Gasteiger partial charge on any atom is -0.478 e. The summed E-state index contributed by atoms with van der Waals surface area (Å²) in [5.74, 6) is -2.51. The smallest absolute Gasteiger partial charge is 0.328 e.